The summed E-state index contributed by atoms with van der Waals surface area (Å²) < 4.78 is 3.75. The van der Waals surface area contributed by atoms with Crippen molar-refractivity contribution < 1.29 is 9.90 Å². The molecule has 1 unspecified atom stereocenters. The lowest BCUT2D eigenvalue weighted by Gasteiger charge is -2.14. The lowest BCUT2D eigenvalue weighted by atomic mass is 9.99. The Kier molecular flexibility index (Phi) is 4.64. The van der Waals surface area contributed by atoms with Gasteiger partial charge in [-0.15, -0.1) is 5.10 Å². The first-order valence-electron chi connectivity index (χ1n) is 7.39. The summed E-state index contributed by atoms with van der Waals surface area (Å²) in [7, 11) is 0. The second-order valence-corrected chi connectivity index (χ2v) is 6.07. The molecule has 0 saturated heterocycles. The van der Waals surface area contributed by atoms with Crippen LogP contribution in [0.25, 0.3) is 10.8 Å². The minimum atomic E-state index is -0.623. The molecule has 0 saturated carbocycles. The van der Waals surface area contributed by atoms with Gasteiger partial charge in [0.05, 0.1) is 11.8 Å². The summed E-state index contributed by atoms with van der Waals surface area (Å²) in [6.45, 7) is 2.14. The molecule has 118 valence electrons. The third-order valence-corrected chi connectivity index (χ3v) is 4.57. The topological polar surface area (TPSA) is 75.1 Å². The van der Waals surface area contributed by atoms with Gasteiger partial charge in [-0.05, 0) is 41.2 Å². The lowest BCUT2D eigenvalue weighted by Crippen LogP contribution is -2.25. The molecule has 6 heteroatoms. The van der Waals surface area contributed by atoms with E-state index in [9.17, 15) is 9.90 Å². The predicted molar refractivity (Wildman–Crippen MR) is 90.5 cm³/mol. The van der Waals surface area contributed by atoms with E-state index in [-0.39, 0.29) is 5.91 Å². The number of carbonyl (C=O) groups is 1. The number of hydrogen-bond donors (Lipinski definition) is 2. The molecule has 23 heavy (non-hydrogen) atoms. The predicted octanol–water partition coefficient (Wildman–Crippen LogP) is 2.85. The molecule has 1 heterocycles. The Hall–Kier alpha value is -2.31. The van der Waals surface area contributed by atoms with Crippen molar-refractivity contribution in [1.82, 2.24) is 14.9 Å². The van der Waals surface area contributed by atoms with Crippen LogP contribution in [0.3, 0.4) is 0 Å². The summed E-state index contributed by atoms with van der Waals surface area (Å²) >= 11 is 1.08. The summed E-state index contributed by atoms with van der Waals surface area (Å²) in [6, 6.07) is 13.8. The quantitative estimate of drug-likeness (QED) is 0.755. The van der Waals surface area contributed by atoms with E-state index in [1.165, 1.54) is 0 Å². The molecule has 0 aliphatic heterocycles. The molecule has 2 N–H and O–H groups in total. The van der Waals surface area contributed by atoms with E-state index in [1.54, 1.807) is 6.92 Å². The van der Waals surface area contributed by atoms with Gasteiger partial charge in [0, 0.05) is 6.54 Å². The van der Waals surface area contributed by atoms with E-state index < -0.39 is 6.10 Å². The molecule has 1 amide bonds. The van der Waals surface area contributed by atoms with Crippen molar-refractivity contribution >= 4 is 28.2 Å². The molecular weight excluding hydrogens is 310 g/mol. The molecule has 0 bridgehead atoms. The van der Waals surface area contributed by atoms with E-state index in [1.807, 2.05) is 42.5 Å². The molecule has 1 aromatic heterocycles. The molecule has 2 aromatic carbocycles. The van der Waals surface area contributed by atoms with Crippen LogP contribution in [0.15, 0.2) is 42.5 Å². The average molecular weight is 327 g/mol. The number of carbonyl (C=O) groups excluding carboxylic acids is 1. The SMILES string of the molecule is Cc1nnsc1C(=O)NCCC(O)c1cccc2ccccc12. The number of benzene rings is 2. The summed E-state index contributed by atoms with van der Waals surface area (Å²) in [5, 5.41) is 19.2. The first-order chi connectivity index (χ1) is 11.2. The van der Waals surface area contributed by atoms with Gasteiger partial charge in [0.1, 0.15) is 4.88 Å². The zero-order valence-corrected chi connectivity index (χ0v) is 13.5. The molecule has 0 aliphatic carbocycles. The minimum absolute atomic E-state index is 0.192. The van der Waals surface area contributed by atoms with Gasteiger partial charge < -0.3 is 10.4 Å². The zero-order valence-electron chi connectivity index (χ0n) is 12.7. The molecule has 0 spiro atoms. The maximum Gasteiger partial charge on any atom is 0.264 e. The van der Waals surface area contributed by atoms with E-state index in [0.29, 0.717) is 23.5 Å². The van der Waals surface area contributed by atoms with E-state index in [4.69, 9.17) is 0 Å². The lowest BCUT2D eigenvalue weighted by molar-refractivity contribution is 0.0946. The van der Waals surface area contributed by atoms with Crippen LogP contribution in [-0.4, -0.2) is 27.1 Å². The second kappa shape index (κ2) is 6.85. The number of aromatic nitrogens is 2. The molecule has 3 rings (SSSR count). The number of rotatable bonds is 5. The highest BCUT2D eigenvalue weighted by Crippen LogP contribution is 2.25. The highest BCUT2D eigenvalue weighted by molar-refractivity contribution is 7.07. The van der Waals surface area contributed by atoms with Gasteiger partial charge in [-0.2, -0.15) is 0 Å². The largest absolute Gasteiger partial charge is 0.388 e. The molecule has 0 radical (unpaired) electrons. The summed E-state index contributed by atoms with van der Waals surface area (Å²) in [5.41, 5.74) is 1.51. The molecule has 0 fully saturated rings. The van der Waals surface area contributed by atoms with E-state index >= 15 is 0 Å². The molecule has 0 aliphatic rings. The Labute approximate surface area is 138 Å². The van der Waals surface area contributed by atoms with Crippen LogP contribution < -0.4 is 5.32 Å². The van der Waals surface area contributed by atoms with Gasteiger partial charge in [-0.1, -0.05) is 47.0 Å². The summed E-state index contributed by atoms with van der Waals surface area (Å²) in [5.74, 6) is -0.192. The fourth-order valence-electron chi connectivity index (χ4n) is 2.54. The normalized spacial score (nSPS) is 12.3. The van der Waals surface area contributed by atoms with Gasteiger partial charge in [0.15, 0.2) is 0 Å². The maximum absolute atomic E-state index is 12.0. The van der Waals surface area contributed by atoms with Crippen molar-refractivity contribution in [2.45, 2.75) is 19.4 Å². The highest BCUT2D eigenvalue weighted by atomic mass is 32.1. The van der Waals surface area contributed by atoms with Crippen LogP contribution >= 0.6 is 11.5 Å². The van der Waals surface area contributed by atoms with Crippen LogP contribution in [0, 0.1) is 6.92 Å². The molecular formula is C17H17N3O2S. The smallest absolute Gasteiger partial charge is 0.264 e. The number of nitrogens with zero attached hydrogens (tertiary/aromatic N) is 2. The standard InChI is InChI=1S/C17H17N3O2S/c1-11-16(23-20-19-11)17(22)18-10-9-15(21)14-8-4-6-12-5-2-3-7-13(12)14/h2-8,15,21H,9-10H2,1H3,(H,18,22). The van der Waals surface area contributed by atoms with Gasteiger partial charge in [0.2, 0.25) is 0 Å². The van der Waals surface area contributed by atoms with E-state index in [0.717, 1.165) is 27.9 Å². The number of fused-ring (bicyclic) bond motifs is 1. The number of aliphatic hydroxyl groups excluding tert-OH is 1. The monoisotopic (exact) mass is 327 g/mol. The maximum atomic E-state index is 12.0. The third-order valence-electron chi connectivity index (χ3n) is 3.74. The van der Waals surface area contributed by atoms with Crippen LogP contribution in [-0.2, 0) is 0 Å². The fraction of sp³-hybridized carbons (Fsp3) is 0.235. The average Bonchev–Trinajstić information content (AvgIpc) is 3.00. The second-order valence-electron chi connectivity index (χ2n) is 5.32. The van der Waals surface area contributed by atoms with Gasteiger partial charge in [0.25, 0.3) is 5.91 Å². The van der Waals surface area contributed by atoms with E-state index in [2.05, 4.69) is 14.9 Å². The van der Waals surface area contributed by atoms with Crippen molar-refractivity contribution in [3.63, 3.8) is 0 Å². The number of hydrogen-bond acceptors (Lipinski definition) is 5. The Morgan fingerprint density at radius 3 is 2.83 bits per heavy atom. The number of aryl methyl sites for hydroxylation is 1. The Morgan fingerprint density at radius 1 is 1.26 bits per heavy atom. The number of aliphatic hydroxyl groups is 1. The third kappa shape index (κ3) is 3.38. The highest BCUT2D eigenvalue weighted by Gasteiger charge is 2.14. The van der Waals surface area contributed by atoms with Crippen LogP contribution in [0.2, 0.25) is 0 Å². The van der Waals surface area contributed by atoms with Crippen molar-refractivity contribution in [3.05, 3.63) is 58.6 Å². The van der Waals surface area contributed by atoms with Crippen LogP contribution in [0.1, 0.15) is 33.5 Å². The zero-order chi connectivity index (χ0) is 16.2. The van der Waals surface area contributed by atoms with Crippen molar-refractivity contribution in [2.75, 3.05) is 6.54 Å². The van der Waals surface area contributed by atoms with Crippen molar-refractivity contribution in [1.29, 1.82) is 0 Å². The molecule has 3 aromatic rings. The number of amides is 1. The van der Waals surface area contributed by atoms with Gasteiger partial charge in [-0.3, -0.25) is 4.79 Å². The summed E-state index contributed by atoms with van der Waals surface area (Å²) in [4.78, 5) is 12.5. The molecule has 1 atom stereocenters. The Morgan fingerprint density at radius 2 is 2.04 bits per heavy atom. The van der Waals surface area contributed by atoms with Crippen LogP contribution in [0.4, 0.5) is 0 Å². The van der Waals surface area contributed by atoms with Gasteiger partial charge in [-0.25, -0.2) is 0 Å². The van der Waals surface area contributed by atoms with Crippen molar-refractivity contribution in [3.8, 4) is 0 Å². The number of nitrogens with one attached hydrogen (secondary N) is 1. The van der Waals surface area contributed by atoms with Crippen LogP contribution in [0.5, 0.6) is 0 Å². The fourth-order valence-corrected chi connectivity index (χ4v) is 3.11. The summed E-state index contributed by atoms with van der Waals surface area (Å²) in [6.07, 6.45) is -0.174. The van der Waals surface area contributed by atoms with Gasteiger partial charge >= 0.3 is 0 Å². The minimum Gasteiger partial charge on any atom is -0.388 e. The first kappa shape index (κ1) is 15.6. The van der Waals surface area contributed by atoms with Crippen molar-refractivity contribution in [2.24, 2.45) is 0 Å². The Balaban J connectivity index is 1.64. The first-order valence-corrected chi connectivity index (χ1v) is 8.17. The Bertz CT molecular complexity index is 826. The molecule has 5 nitrogen and oxygen atoms in total.